The molecule has 7 heteroatoms. The quantitative estimate of drug-likeness (QED) is 0.627. The first-order valence-electron chi connectivity index (χ1n) is 7.27. The topological polar surface area (TPSA) is 49.4 Å². The average molecular weight is 428 g/mol. The van der Waals surface area contributed by atoms with Gasteiger partial charge < -0.3 is 14.1 Å². The van der Waals surface area contributed by atoms with Crippen LogP contribution in [0.2, 0.25) is 10.0 Å². The Morgan fingerprint density at radius 3 is 2.67 bits per heavy atom. The fourth-order valence-corrected chi connectivity index (χ4v) is 3.52. The lowest BCUT2D eigenvalue weighted by molar-refractivity contribution is 0.120. The summed E-state index contributed by atoms with van der Waals surface area (Å²) < 4.78 is 12.1. The molecule has 24 heavy (non-hydrogen) atoms. The number of anilines is 1. The van der Waals surface area contributed by atoms with Gasteiger partial charge in [-0.25, -0.2) is 0 Å². The molecule has 0 saturated carbocycles. The Kier molecular flexibility index (Phi) is 5.52. The van der Waals surface area contributed by atoms with Gasteiger partial charge in [0.15, 0.2) is 0 Å². The Labute approximate surface area is 158 Å². The van der Waals surface area contributed by atoms with Gasteiger partial charge in [0.25, 0.3) is 0 Å². The van der Waals surface area contributed by atoms with Gasteiger partial charge in [0.2, 0.25) is 5.88 Å². The summed E-state index contributed by atoms with van der Waals surface area (Å²) in [5, 5.41) is 10.4. The molecule has 4 nitrogen and oxygen atoms in total. The number of furan rings is 1. The fraction of sp³-hybridized carbons (Fsp3) is 0.235. The number of nitrogens with zero attached hydrogens (tertiary/aromatic N) is 2. The molecule has 0 bridgehead atoms. The number of halogens is 3. The van der Waals surface area contributed by atoms with Crippen LogP contribution in [0.25, 0.3) is 11.6 Å². The van der Waals surface area contributed by atoms with Crippen molar-refractivity contribution in [2.24, 2.45) is 0 Å². The first kappa shape index (κ1) is 17.4. The van der Waals surface area contributed by atoms with E-state index in [4.69, 9.17) is 32.4 Å². The van der Waals surface area contributed by atoms with Crippen molar-refractivity contribution >= 4 is 56.7 Å². The summed E-state index contributed by atoms with van der Waals surface area (Å²) in [6, 6.07) is 9.03. The van der Waals surface area contributed by atoms with Gasteiger partial charge in [-0.1, -0.05) is 29.3 Å². The van der Waals surface area contributed by atoms with Gasteiger partial charge in [-0.15, -0.1) is 0 Å². The van der Waals surface area contributed by atoms with Crippen LogP contribution in [0, 0.1) is 11.3 Å². The first-order valence-corrected chi connectivity index (χ1v) is 8.82. The highest BCUT2D eigenvalue weighted by Gasteiger charge is 2.19. The minimum Gasteiger partial charge on any atom is -0.440 e. The third-order valence-electron chi connectivity index (χ3n) is 3.61. The summed E-state index contributed by atoms with van der Waals surface area (Å²) in [6.45, 7) is 2.87. The van der Waals surface area contributed by atoms with Gasteiger partial charge in [-0.3, -0.25) is 0 Å². The fourth-order valence-electron chi connectivity index (χ4n) is 2.45. The van der Waals surface area contributed by atoms with Gasteiger partial charge in [-0.05, 0) is 34.1 Å². The van der Waals surface area contributed by atoms with Crippen molar-refractivity contribution in [1.82, 2.24) is 0 Å². The largest absolute Gasteiger partial charge is 0.440 e. The van der Waals surface area contributed by atoms with Crippen LogP contribution in [0.1, 0.15) is 11.3 Å². The highest BCUT2D eigenvalue weighted by atomic mass is 79.9. The molecule has 1 saturated heterocycles. The maximum absolute atomic E-state index is 9.47. The minimum absolute atomic E-state index is 0.409. The monoisotopic (exact) mass is 426 g/mol. The van der Waals surface area contributed by atoms with Crippen molar-refractivity contribution in [1.29, 1.82) is 5.26 Å². The Hall–Kier alpha value is -1.45. The van der Waals surface area contributed by atoms with Crippen LogP contribution >= 0.6 is 39.1 Å². The lowest BCUT2D eigenvalue weighted by Gasteiger charge is -2.26. The molecular formula is C17H13BrCl2N2O2. The summed E-state index contributed by atoms with van der Waals surface area (Å²) in [6.07, 6.45) is 1.67. The van der Waals surface area contributed by atoms with E-state index in [1.54, 1.807) is 24.3 Å². The van der Waals surface area contributed by atoms with Crippen molar-refractivity contribution in [2.45, 2.75) is 0 Å². The van der Waals surface area contributed by atoms with E-state index in [0.717, 1.165) is 23.4 Å². The number of rotatable bonds is 3. The van der Waals surface area contributed by atoms with Crippen molar-refractivity contribution < 1.29 is 9.15 Å². The van der Waals surface area contributed by atoms with E-state index < -0.39 is 0 Å². The predicted octanol–water partition coefficient (Wildman–Crippen LogP) is 5.25. The van der Waals surface area contributed by atoms with E-state index in [1.165, 1.54) is 0 Å². The number of morpholine rings is 1. The predicted molar refractivity (Wildman–Crippen MR) is 99.4 cm³/mol. The van der Waals surface area contributed by atoms with Crippen LogP contribution in [-0.2, 0) is 4.74 Å². The van der Waals surface area contributed by atoms with Crippen LogP contribution in [0.4, 0.5) is 5.88 Å². The molecule has 0 atom stereocenters. The normalized spacial score (nSPS) is 15.4. The van der Waals surface area contributed by atoms with E-state index in [1.807, 2.05) is 6.07 Å². The molecule has 0 unspecified atom stereocenters. The van der Waals surface area contributed by atoms with Crippen LogP contribution in [-0.4, -0.2) is 26.3 Å². The number of hydrogen-bond donors (Lipinski definition) is 0. The number of allylic oxidation sites excluding steroid dienone is 1. The second-order valence-electron chi connectivity index (χ2n) is 5.20. The molecule has 2 aromatic rings. The number of hydrogen-bond acceptors (Lipinski definition) is 4. The molecule has 1 aliphatic rings. The van der Waals surface area contributed by atoms with Gasteiger partial charge in [0.1, 0.15) is 5.76 Å². The molecule has 0 amide bonds. The van der Waals surface area contributed by atoms with Crippen molar-refractivity contribution in [3.63, 3.8) is 0 Å². The third kappa shape index (κ3) is 3.79. The molecule has 1 aromatic heterocycles. The zero-order valence-electron chi connectivity index (χ0n) is 12.6. The average Bonchev–Trinajstić information content (AvgIpc) is 2.94. The lowest BCUT2D eigenvalue weighted by Crippen LogP contribution is -2.36. The SMILES string of the molecule is N#C/C(=C/c1cc(Br)c(N2CCOCC2)o1)c1ccc(Cl)cc1Cl. The Morgan fingerprint density at radius 1 is 1.25 bits per heavy atom. The zero-order chi connectivity index (χ0) is 17.1. The maximum atomic E-state index is 9.47. The number of benzene rings is 1. The summed E-state index contributed by atoms with van der Waals surface area (Å²) in [5.74, 6) is 1.31. The van der Waals surface area contributed by atoms with Crippen LogP contribution in [0.3, 0.4) is 0 Å². The third-order valence-corrected chi connectivity index (χ3v) is 4.73. The second kappa shape index (κ2) is 7.62. The summed E-state index contributed by atoms with van der Waals surface area (Å²) in [5.41, 5.74) is 1.02. The smallest absolute Gasteiger partial charge is 0.210 e. The summed E-state index contributed by atoms with van der Waals surface area (Å²) in [4.78, 5) is 2.10. The molecule has 1 fully saturated rings. The Morgan fingerprint density at radius 2 is 2.00 bits per heavy atom. The van der Waals surface area contributed by atoms with Gasteiger partial charge in [-0.2, -0.15) is 5.26 Å². The van der Waals surface area contributed by atoms with Crippen molar-refractivity contribution in [3.8, 4) is 6.07 Å². The van der Waals surface area contributed by atoms with Crippen molar-refractivity contribution in [2.75, 3.05) is 31.2 Å². The van der Waals surface area contributed by atoms with E-state index >= 15 is 0 Å². The summed E-state index contributed by atoms with van der Waals surface area (Å²) in [7, 11) is 0. The molecule has 1 aromatic carbocycles. The van der Waals surface area contributed by atoms with Crippen LogP contribution in [0.15, 0.2) is 33.2 Å². The Balaban J connectivity index is 1.93. The molecule has 0 spiro atoms. The molecule has 0 aliphatic carbocycles. The maximum Gasteiger partial charge on any atom is 0.210 e. The summed E-state index contributed by atoms with van der Waals surface area (Å²) >= 11 is 15.6. The number of ether oxygens (including phenoxy) is 1. The van der Waals surface area contributed by atoms with Crippen LogP contribution in [0.5, 0.6) is 0 Å². The first-order chi connectivity index (χ1) is 11.6. The van der Waals surface area contributed by atoms with E-state index in [2.05, 4.69) is 26.9 Å². The Bertz CT molecular complexity index is 820. The van der Waals surface area contributed by atoms with E-state index in [0.29, 0.717) is 40.2 Å². The van der Waals surface area contributed by atoms with Gasteiger partial charge in [0.05, 0.1) is 34.4 Å². The minimum atomic E-state index is 0.409. The molecule has 0 N–H and O–H groups in total. The molecule has 2 heterocycles. The molecular weight excluding hydrogens is 415 g/mol. The highest BCUT2D eigenvalue weighted by Crippen LogP contribution is 2.34. The van der Waals surface area contributed by atoms with E-state index in [9.17, 15) is 5.26 Å². The molecule has 1 aliphatic heterocycles. The zero-order valence-corrected chi connectivity index (χ0v) is 15.7. The lowest BCUT2D eigenvalue weighted by atomic mass is 10.1. The molecule has 0 radical (unpaired) electrons. The number of nitriles is 1. The standard InChI is InChI=1S/C17H13BrCl2N2O2/c18-15-9-13(24-17(15)22-3-5-23-6-4-22)7-11(10-21)14-2-1-12(19)8-16(14)20/h1-2,7-9H,3-6H2/b11-7-. The van der Waals surface area contributed by atoms with E-state index in [-0.39, 0.29) is 0 Å². The molecule has 124 valence electrons. The van der Waals surface area contributed by atoms with Gasteiger partial charge in [0, 0.05) is 29.7 Å². The second-order valence-corrected chi connectivity index (χ2v) is 6.89. The molecule has 3 rings (SSSR count). The van der Waals surface area contributed by atoms with Crippen molar-refractivity contribution in [3.05, 3.63) is 50.1 Å². The van der Waals surface area contributed by atoms with Crippen LogP contribution < -0.4 is 4.90 Å². The highest BCUT2D eigenvalue weighted by molar-refractivity contribution is 9.10. The van der Waals surface area contributed by atoms with Gasteiger partial charge >= 0.3 is 0 Å².